The van der Waals surface area contributed by atoms with Crippen LogP contribution < -0.4 is 4.72 Å². The molecule has 0 aliphatic carbocycles. The molecule has 0 saturated heterocycles. The number of thiophene rings is 3. The number of hydrogen-bond acceptors (Lipinski definition) is 8. The Morgan fingerprint density at radius 1 is 1.23 bits per heavy atom. The molecule has 0 aliphatic rings. The molecule has 0 bridgehead atoms. The molecule has 1 atom stereocenters. The third kappa shape index (κ3) is 3.61. The quantitative estimate of drug-likeness (QED) is 0.564. The first-order valence-corrected chi connectivity index (χ1v) is 11.5. The van der Waals surface area contributed by atoms with Crippen molar-refractivity contribution in [3.8, 4) is 0 Å². The van der Waals surface area contributed by atoms with E-state index in [0.29, 0.717) is 10.4 Å². The molecule has 10 heteroatoms. The van der Waals surface area contributed by atoms with Gasteiger partial charge in [0.15, 0.2) is 0 Å². The molecule has 0 amide bonds. The zero-order valence-electron chi connectivity index (χ0n) is 13.5. The van der Waals surface area contributed by atoms with Crippen molar-refractivity contribution < 1.29 is 23.1 Å². The van der Waals surface area contributed by atoms with Crippen LogP contribution in [0.4, 0.5) is 0 Å². The number of carbonyl (C=O) groups is 1. The summed E-state index contributed by atoms with van der Waals surface area (Å²) in [5.74, 6) is -0.716. The second-order valence-corrected chi connectivity index (χ2v) is 9.66. The fraction of sp³-hybridized carbons (Fsp3) is 0.188. The lowest BCUT2D eigenvalue weighted by atomic mass is 9.95. The van der Waals surface area contributed by atoms with E-state index in [2.05, 4.69) is 9.46 Å². The van der Waals surface area contributed by atoms with Crippen molar-refractivity contribution >= 4 is 50.0 Å². The number of methoxy groups -OCH3 is 1. The fourth-order valence-corrected chi connectivity index (χ4v) is 6.34. The first-order chi connectivity index (χ1) is 12.4. The highest BCUT2D eigenvalue weighted by Gasteiger charge is 2.35. The number of esters is 1. The van der Waals surface area contributed by atoms with Crippen molar-refractivity contribution in [2.75, 3.05) is 13.7 Å². The normalized spacial score (nSPS) is 14.1. The summed E-state index contributed by atoms with van der Waals surface area (Å²) < 4.78 is 32.5. The van der Waals surface area contributed by atoms with E-state index in [1.54, 1.807) is 23.6 Å². The van der Waals surface area contributed by atoms with Gasteiger partial charge >= 0.3 is 5.97 Å². The third-order valence-corrected chi connectivity index (χ3v) is 7.91. The minimum atomic E-state index is -4.01. The Kier molecular flexibility index (Phi) is 5.61. The second-order valence-electron chi connectivity index (χ2n) is 5.28. The Labute approximate surface area is 162 Å². The number of sulfonamides is 1. The Hall–Kier alpha value is -1.56. The van der Waals surface area contributed by atoms with Crippen LogP contribution in [-0.2, 0) is 20.4 Å². The maximum atomic E-state index is 12.7. The number of ether oxygens (including phenoxy) is 1. The molecule has 3 aromatic heterocycles. The van der Waals surface area contributed by atoms with Gasteiger partial charge in [0.1, 0.15) is 15.4 Å². The van der Waals surface area contributed by atoms with Crippen LogP contribution >= 0.6 is 34.0 Å². The molecule has 3 rings (SSSR count). The predicted octanol–water partition coefficient (Wildman–Crippen LogP) is 2.87. The number of hydrogen-bond donors (Lipinski definition) is 2. The number of aliphatic hydroxyl groups is 1. The molecule has 2 N–H and O–H groups in total. The van der Waals surface area contributed by atoms with Crippen molar-refractivity contribution in [1.29, 1.82) is 0 Å². The van der Waals surface area contributed by atoms with E-state index in [4.69, 9.17) is 0 Å². The van der Waals surface area contributed by atoms with Gasteiger partial charge in [-0.1, -0.05) is 6.07 Å². The molecule has 0 unspecified atom stereocenters. The van der Waals surface area contributed by atoms with Crippen LogP contribution in [0.25, 0.3) is 0 Å². The summed E-state index contributed by atoms with van der Waals surface area (Å²) in [5.41, 5.74) is -0.894. The highest BCUT2D eigenvalue weighted by Crippen LogP contribution is 2.34. The average Bonchev–Trinajstić information content (AvgIpc) is 3.39. The maximum Gasteiger partial charge on any atom is 0.349 e. The van der Waals surface area contributed by atoms with Gasteiger partial charge in [-0.05, 0) is 39.7 Å². The summed E-state index contributed by atoms with van der Waals surface area (Å²) in [6.45, 7) is -0.261. The van der Waals surface area contributed by atoms with Crippen LogP contribution in [-0.4, -0.2) is 33.1 Å². The molecule has 0 spiro atoms. The zero-order chi connectivity index (χ0) is 18.8. The van der Waals surface area contributed by atoms with Crippen molar-refractivity contribution in [3.63, 3.8) is 0 Å². The van der Waals surface area contributed by atoms with Crippen LogP contribution in [0.3, 0.4) is 0 Å². The Morgan fingerprint density at radius 2 is 2.04 bits per heavy atom. The molecule has 138 valence electrons. The van der Waals surface area contributed by atoms with Gasteiger partial charge < -0.3 is 9.84 Å². The number of nitrogens with one attached hydrogen (secondary N) is 1. The summed E-state index contributed by atoms with van der Waals surface area (Å²) >= 11 is 3.73. The van der Waals surface area contributed by atoms with Crippen LogP contribution in [0.15, 0.2) is 50.7 Å². The van der Waals surface area contributed by atoms with Gasteiger partial charge in [0.2, 0.25) is 10.0 Å². The van der Waals surface area contributed by atoms with Gasteiger partial charge in [-0.15, -0.1) is 22.7 Å². The molecule has 3 heterocycles. The van der Waals surface area contributed by atoms with E-state index in [1.807, 2.05) is 10.8 Å². The van der Waals surface area contributed by atoms with E-state index in [0.717, 1.165) is 11.3 Å². The van der Waals surface area contributed by atoms with Crippen LogP contribution in [0, 0.1) is 0 Å². The molecular weight excluding hydrogens is 414 g/mol. The van der Waals surface area contributed by atoms with Crippen molar-refractivity contribution in [1.82, 2.24) is 4.72 Å². The molecule has 0 aromatic carbocycles. The van der Waals surface area contributed by atoms with Crippen molar-refractivity contribution in [2.45, 2.75) is 10.5 Å². The van der Waals surface area contributed by atoms with Gasteiger partial charge in [-0.3, -0.25) is 0 Å². The van der Waals surface area contributed by atoms with E-state index in [1.165, 1.54) is 41.2 Å². The van der Waals surface area contributed by atoms with Gasteiger partial charge in [0, 0.05) is 17.0 Å². The topological polar surface area (TPSA) is 92.7 Å². The van der Waals surface area contributed by atoms with Crippen molar-refractivity contribution in [3.05, 3.63) is 61.1 Å². The summed E-state index contributed by atoms with van der Waals surface area (Å²) in [5, 5.41) is 18.1. The highest BCUT2D eigenvalue weighted by atomic mass is 32.2. The van der Waals surface area contributed by atoms with E-state index >= 15 is 0 Å². The Morgan fingerprint density at radius 3 is 2.65 bits per heavy atom. The van der Waals surface area contributed by atoms with Gasteiger partial charge in [-0.2, -0.15) is 11.3 Å². The minimum absolute atomic E-state index is 0.00445. The maximum absolute atomic E-state index is 12.7. The standard InChI is InChI=1S/C16H15NO5S4/c1-22-15(18)14-12(5-8-25-14)26(20,21)17-10-16(19,11-4-7-23-9-11)13-3-2-6-24-13/h2-9,17,19H,10H2,1H3/t16-/m1/s1. The third-order valence-electron chi connectivity index (χ3n) is 3.73. The lowest BCUT2D eigenvalue weighted by molar-refractivity contribution is 0.0602. The smallest absolute Gasteiger partial charge is 0.349 e. The largest absolute Gasteiger partial charge is 0.465 e. The summed E-state index contributed by atoms with van der Waals surface area (Å²) in [7, 11) is -2.82. The molecule has 3 aromatic rings. The van der Waals surface area contributed by atoms with Gasteiger partial charge in [0.05, 0.1) is 7.11 Å². The Bertz CT molecular complexity index is 940. The average molecular weight is 430 g/mol. The molecule has 0 fully saturated rings. The number of carbonyl (C=O) groups excluding carboxylic acids is 1. The summed E-state index contributed by atoms with van der Waals surface area (Å²) in [6.07, 6.45) is 0. The predicted molar refractivity (Wildman–Crippen MR) is 102 cm³/mol. The molecular formula is C16H15NO5S4. The lowest BCUT2D eigenvalue weighted by Crippen LogP contribution is -2.41. The molecule has 6 nitrogen and oxygen atoms in total. The van der Waals surface area contributed by atoms with Crippen LogP contribution in [0.2, 0.25) is 0 Å². The highest BCUT2D eigenvalue weighted by molar-refractivity contribution is 7.89. The van der Waals surface area contributed by atoms with Crippen LogP contribution in [0.5, 0.6) is 0 Å². The second kappa shape index (κ2) is 7.59. The van der Waals surface area contributed by atoms with Crippen LogP contribution in [0.1, 0.15) is 20.1 Å². The molecule has 0 saturated carbocycles. The number of rotatable bonds is 7. The minimum Gasteiger partial charge on any atom is -0.465 e. The summed E-state index contributed by atoms with van der Waals surface area (Å²) in [4.78, 5) is 12.2. The lowest BCUT2D eigenvalue weighted by Gasteiger charge is -2.26. The monoisotopic (exact) mass is 429 g/mol. The molecule has 26 heavy (non-hydrogen) atoms. The van der Waals surface area contributed by atoms with E-state index in [-0.39, 0.29) is 16.3 Å². The van der Waals surface area contributed by atoms with Gasteiger partial charge in [-0.25, -0.2) is 17.9 Å². The SMILES string of the molecule is COC(=O)c1sccc1S(=O)(=O)NC[C@@](O)(c1ccsc1)c1cccs1. The summed E-state index contributed by atoms with van der Waals surface area (Å²) in [6, 6.07) is 6.64. The van der Waals surface area contributed by atoms with E-state index in [9.17, 15) is 18.3 Å². The molecule has 0 radical (unpaired) electrons. The zero-order valence-corrected chi connectivity index (χ0v) is 16.8. The van der Waals surface area contributed by atoms with E-state index < -0.39 is 21.6 Å². The van der Waals surface area contributed by atoms with Gasteiger partial charge in [0.25, 0.3) is 0 Å². The fourth-order valence-electron chi connectivity index (χ4n) is 2.37. The molecule has 0 aliphatic heterocycles. The first-order valence-electron chi connectivity index (χ1n) is 7.33. The Balaban J connectivity index is 1.91. The van der Waals surface area contributed by atoms with Crippen molar-refractivity contribution in [2.24, 2.45) is 0 Å². The first kappa shape index (κ1) is 19.2.